The van der Waals surface area contributed by atoms with Gasteiger partial charge in [0, 0.05) is 30.6 Å². The number of carbonyl (C=O) groups is 2. The van der Waals surface area contributed by atoms with Crippen LogP contribution in [0.2, 0.25) is 0 Å². The number of halogens is 1. The van der Waals surface area contributed by atoms with Crippen LogP contribution in [0, 0.1) is 5.82 Å². The maximum absolute atomic E-state index is 13.2. The first kappa shape index (κ1) is 23.9. The molecule has 1 fully saturated rings. The highest BCUT2D eigenvalue weighted by atomic mass is 19.1. The van der Waals surface area contributed by atoms with E-state index in [9.17, 15) is 19.1 Å². The van der Waals surface area contributed by atoms with Crippen molar-refractivity contribution in [1.82, 2.24) is 10.2 Å². The number of hydrogen-bond acceptors (Lipinski definition) is 3. The van der Waals surface area contributed by atoms with Crippen molar-refractivity contribution in [3.05, 3.63) is 70.5 Å². The van der Waals surface area contributed by atoms with E-state index in [2.05, 4.69) is 11.4 Å². The molecule has 2 aromatic carbocycles. The van der Waals surface area contributed by atoms with E-state index in [-0.39, 0.29) is 23.7 Å². The summed E-state index contributed by atoms with van der Waals surface area (Å²) in [6, 6.07) is 12.3. The van der Waals surface area contributed by atoms with Crippen LogP contribution in [0.4, 0.5) is 4.39 Å². The van der Waals surface area contributed by atoms with E-state index in [0.717, 1.165) is 43.5 Å². The summed E-state index contributed by atoms with van der Waals surface area (Å²) in [6.45, 7) is 4.95. The van der Waals surface area contributed by atoms with Crippen molar-refractivity contribution in [3.63, 3.8) is 0 Å². The Balaban J connectivity index is 1.14. The number of rotatable bonds is 5. The maximum atomic E-state index is 13.2. The zero-order valence-corrected chi connectivity index (χ0v) is 20.2. The lowest BCUT2D eigenvalue weighted by molar-refractivity contribution is -0.947. The van der Waals surface area contributed by atoms with Gasteiger partial charge in [-0.2, -0.15) is 0 Å². The number of aliphatic hydroxyl groups is 1. The van der Waals surface area contributed by atoms with Crippen LogP contribution in [0.5, 0.6) is 0 Å². The number of quaternary nitrogens is 2. The first-order valence-electron chi connectivity index (χ1n) is 12.7. The highest BCUT2D eigenvalue weighted by Gasteiger charge is 2.41. The highest BCUT2D eigenvalue weighted by molar-refractivity contribution is 5.87. The summed E-state index contributed by atoms with van der Waals surface area (Å²) < 4.78 is 13.2. The Bertz CT molecular complexity index is 1080. The van der Waals surface area contributed by atoms with Gasteiger partial charge in [-0.15, -0.1) is 0 Å². The van der Waals surface area contributed by atoms with Crippen molar-refractivity contribution in [1.29, 1.82) is 0 Å². The first-order chi connectivity index (χ1) is 16.9. The summed E-state index contributed by atoms with van der Waals surface area (Å²) in [4.78, 5) is 28.9. The molecule has 5 N–H and O–H groups in total. The third-order valence-corrected chi connectivity index (χ3v) is 7.98. The molecule has 4 atom stereocenters. The van der Waals surface area contributed by atoms with Crippen molar-refractivity contribution < 1.29 is 29.3 Å². The number of nitrogens with two attached hydrogens (primary N) is 1. The topological polar surface area (TPSA) is 90.7 Å². The second kappa shape index (κ2) is 10.0. The van der Waals surface area contributed by atoms with Gasteiger partial charge in [0.15, 0.2) is 12.6 Å². The summed E-state index contributed by atoms with van der Waals surface area (Å²) in [6.07, 6.45) is 2.01. The lowest BCUT2D eigenvalue weighted by atomic mass is 9.85. The number of nitrogens with one attached hydrogen (secondary N) is 2. The normalized spacial score (nSPS) is 25.0. The smallest absolute Gasteiger partial charge is 0.275 e. The number of amides is 2. The van der Waals surface area contributed by atoms with Crippen LogP contribution in [-0.2, 0) is 16.0 Å². The Labute approximate surface area is 205 Å². The van der Waals surface area contributed by atoms with Gasteiger partial charge in [-0.3, -0.25) is 9.59 Å². The maximum Gasteiger partial charge on any atom is 0.275 e. The molecule has 0 aromatic heterocycles. The van der Waals surface area contributed by atoms with Crippen LogP contribution in [-0.4, -0.2) is 60.6 Å². The van der Waals surface area contributed by atoms with Crippen LogP contribution in [0.3, 0.4) is 0 Å². The SMILES string of the molecule is C[C@H](NC(=O)C[NH+]1CCc2cccc3c2[C@@H]1C[NH2+][C@@H]3O)C(=O)N1CCC(c2ccc(F)cc2)CC1. The second-order valence-electron chi connectivity index (χ2n) is 10.2. The van der Waals surface area contributed by atoms with E-state index in [0.29, 0.717) is 25.6 Å². The Morgan fingerprint density at radius 3 is 2.69 bits per heavy atom. The van der Waals surface area contributed by atoms with E-state index in [1.165, 1.54) is 28.2 Å². The van der Waals surface area contributed by atoms with E-state index in [1.54, 1.807) is 6.92 Å². The zero-order valence-electron chi connectivity index (χ0n) is 20.2. The molecule has 2 aromatic rings. The van der Waals surface area contributed by atoms with Crippen LogP contribution < -0.4 is 15.5 Å². The van der Waals surface area contributed by atoms with E-state index >= 15 is 0 Å². The molecule has 3 aliphatic heterocycles. The van der Waals surface area contributed by atoms with Crippen molar-refractivity contribution in [3.8, 4) is 0 Å². The molecule has 35 heavy (non-hydrogen) atoms. The van der Waals surface area contributed by atoms with Gasteiger partial charge in [0.2, 0.25) is 12.1 Å². The highest BCUT2D eigenvalue weighted by Crippen LogP contribution is 2.29. The van der Waals surface area contributed by atoms with Gasteiger partial charge < -0.3 is 25.5 Å². The zero-order chi connectivity index (χ0) is 24.5. The minimum Gasteiger partial charge on any atom is -0.341 e. The molecule has 7 nitrogen and oxygen atoms in total. The average Bonchev–Trinajstić information content (AvgIpc) is 2.87. The first-order valence-corrected chi connectivity index (χ1v) is 12.7. The monoisotopic (exact) mass is 482 g/mol. The van der Waals surface area contributed by atoms with Gasteiger partial charge in [0.25, 0.3) is 5.91 Å². The minimum absolute atomic E-state index is 0.0497. The number of carbonyl (C=O) groups excluding carboxylic acids is 2. The molecule has 5 rings (SSSR count). The molecule has 2 amide bonds. The molecule has 0 radical (unpaired) electrons. The van der Waals surface area contributed by atoms with E-state index in [1.807, 2.05) is 34.5 Å². The van der Waals surface area contributed by atoms with Crippen LogP contribution in [0.15, 0.2) is 42.5 Å². The molecular formula is C27H35FN4O3+2. The number of hydrogen-bond donors (Lipinski definition) is 4. The molecular weight excluding hydrogens is 447 g/mol. The Kier molecular flexibility index (Phi) is 6.86. The van der Waals surface area contributed by atoms with Crippen molar-refractivity contribution in [2.75, 3.05) is 32.7 Å². The molecule has 186 valence electrons. The number of aliphatic hydroxyl groups excluding tert-OH is 1. The van der Waals surface area contributed by atoms with Crippen molar-refractivity contribution in [2.24, 2.45) is 0 Å². The molecule has 3 heterocycles. The average molecular weight is 483 g/mol. The van der Waals surface area contributed by atoms with Crippen molar-refractivity contribution >= 4 is 11.8 Å². The molecule has 0 aliphatic carbocycles. The van der Waals surface area contributed by atoms with Crippen LogP contribution >= 0.6 is 0 Å². The van der Waals surface area contributed by atoms with Gasteiger partial charge >= 0.3 is 0 Å². The molecule has 8 heteroatoms. The fourth-order valence-electron chi connectivity index (χ4n) is 6.10. The van der Waals surface area contributed by atoms with Gasteiger partial charge in [0.1, 0.15) is 18.4 Å². The van der Waals surface area contributed by atoms with Gasteiger partial charge in [-0.05, 0) is 55.0 Å². The summed E-state index contributed by atoms with van der Waals surface area (Å²) in [5.41, 5.74) is 4.55. The van der Waals surface area contributed by atoms with Gasteiger partial charge in [-0.25, -0.2) is 4.39 Å². The Morgan fingerprint density at radius 2 is 1.94 bits per heavy atom. The minimum atomic E-state index is -0.573. The third kappa shape index (κ3) is 4.96. The van der Waals surface area contributed by atoms with E-state index < -0.39 is 12.3 Å². The Hall–Kier alpha value is -2.81. The van der Waals surface area contributed by atoms with Gasteiger partial charge in [-0.1, -0.05) is 24.3 Å². The van der Waals surface area contributed by atoms with Crippen LogP contribution in [0.1, 0.15) is 60.2 Å². The fraction of sp³-hybridized carbons (Fsp3) is 0.481. The largest absolute Gasteiger partial charge is 0.341 e. The number of benzene rings is 2. The van der Waals surface area contributed by atoms with Crippen molar-refractivity contribution in [2.45, 2.75) is 50.4 Å². The molecule has 1 unspecified atom stereocenters. The fourth-order valence-corrected chi connectivity index (χ4v) is 6.10. The third-order valence-electron chi connectivity index (χ3n) is 7.98. The van der Waals surface area contributed by atoms with E-state index in [4.69, 9.17) is 0 Å². The predicted molar refractivity (Wildman–Crippen MR) is 128 cm³/mol. The molecule has 0 saturated carbocycles. The lowest BCUT2D eigenvalue weighted by Crippen LogP contribution is -3.17. The summed E-state index contributed by atoms with van der Waals surface area (Å²) in [5.74, 6) is -0.0765. The number of nitrogens with zero attached hydrogens (tertiary/aromatic N) is 1. The summed E-state index contributed by atoms with van der Waals surface area (Å²) >= 11 is 0. The second-order valence-corrected chi connectivity index (χ2v) is 10.2. The molecule has 0 spiro atoms. The molecule has 1 saturated heterocycles. The molecule has 3 aliphatic rings. The van der Waals surface area contributed by atoms with Gasteiger partial charge in [0.05, 0.1) is 6.54 Å². The Morgan fingerprint density at radius 1 is 1.20 bits per heavy atom. The number of piperidine rings is 1. The summed E-state index contributed by atoms with van der Waals surface area (Å²) in [7, 11) is 0. The summed E-state index contributed by atoms with van der Waals surface area (Å²) in [5, 5.41) is 15.2. The standard InChI is InChI=1S/C27H33FN4O3/c1-17(27(35)31-12-9-19(10-13-31)18-5-7-21(28)8-6-18)30-24(33)16-32-14-11-20-3-2-4-22-25(20)23(32)15-29-26(22)34/h2-8,17,19,23,26,29,34H,9-16H2,1H3,(H,30,33)/p+2/t17-,23-,26+/m0/s1. The predicted octanol–water partition coefficient (Wildman–Crippen LogP) is -0.213. The van der Waals surface area contributed by atoms with Crippen LogP contribution in [0.25, 0.3) is 0 Å². The molecule has 0 bridgehead atoms. The quantitative estimate of drug-likeness (QED) is 0.475. The number of likely N-dealkylation sites (tertiary alicyclic amines) is 1. The lowest BCUT2D eigenvalue weighted by Gasteiger charge is -2.38.